The first kappa shape index (κ1) is 10.6. The van der Waals surface area contributed by atoms with Gasteiger partial charge in [0.1, 0.15) is 5.56 Å². The van der Waals surface area contributed by atoms with Crippen LogP contribution in [0.3, 0.4) is 0 Å². The van der Waals surface area contributed by atoms with Gasteiger partial charge < -0.3 is 10.4 Å². The van der Waals surface area contributed by atoms with E-state index in [-0.39, 0.29) is 5.56 Å². The topological polar surface area (TPSA) is 75.1 Å². The molecule has 6 heteroatoms. The number of rotatable bonds is 3. The maximum absolute atomic E-state index is 10.9. The molecule has 2 N–H and O–H groups in total. The van der Waals surface area contributed by atoms with E-state index in [4.69, 9.17) is 5.11 Å². The first-order valence-corrected chi connectivity index (χ1v) is 5.35. The first-order chi connectivity index (χ1) is 7.66. The third kappa shape index (κ3) is 2.17. The van der Waals surface area contributed by atoms with Crippen LogP contribution in [0.15, 0.2) is 24.7 Å². The van der Waals surface area contributed by atoms with Gasteiger partial charge in [0.25, 0.3) is 0 Å². The van der Waals surface area contributed by atoms with E-state index in [1.54, 1.807) is 12.3 Å². The number of hydrogen-bond acceptors (Lipinski definition) is 5. The fraction of sp³-hybridized carbons (Fsp3) is 0.100. The van der Waals surface area contributed by atoms with Crippen molar-refractivity contribution in [1.82, 2.24) is 9.97 Å². The number of hydrogen-bond donors (Lipinski definition) is 2. The number of anilines is 2. The number of aromatic nitrogens is 2. The smallest absolute Gasteiger partial charge is 0.339 e. The second-order valence-electron chi connectivity index (χ2n) is 3.13. The number of carboxylic acid groups (broad SMARTS) is 1. The van der Waals surface area contributed by atoms with Crippen LogP contribution in [0.25, 0.3) is 0 Å². The monoisotopic (exact) mass is 235 g/mol. The van der Waals surface area contributed by atoms with Gasteiger partial charge in [-0.1, -0.05) is 0 Å². The molecule has 0 amide bonds. The predicted octanol–water partition coefficient (Wildman–Crippen LogP) is 2.29. The molecule has 16 heavy (non-hydrogen) atoms. The van der Waals surface area contributed by atoms with Crippen molar-refractivity contribution < 1.29 is 9.90 Å². The Hall–Kier alpha value is -1.95. The maximum Gasteiger partial charge on any atom is 0.339 e. The molecule has 2 aromatic rings. The lowest BCUT2D eigenvalue weighted by Gasteiger charge is -2.05. The van der Waals surface area contributed by atoms with Gasteiger partial charge in [-0.2, -0.15) is 0 Å². The molecule has 0 aliphatic heterocycles. The van der Waals surface area contributed by atoms with Crippen LogP contribution in [-0.2, 0) is 0 Å². The highest BCUT2D eigenvalue weighted by Crippen LogP contribution is 2.23. The van der Waals surface area contributed by atoms with Crippen molar-refractivity contribution in [2.24, 2.45) is 0 Å². The first-order valence-electron chi connectivity index (χ1n) is 4.53. The lowest BCUT2D eigenvalue weighted by molar-refractivity contribution is 0.0697. The number of aryl methyl sites for hydroxylation is 1. The molecule has 0 saturated heterocycles. The molecule has 0 aliphatic carbocycles. The lowest BCUT2D eigenvalue weighted by atomic mass is 10.2. The van der Waals surface area contributed by atoms with Crippen LogP contribution in [0.4, 0.5) is 10.8 Å². The number of thiazole rings is 1. The zero-order valence-corrected chi connectivity index (χ0v) is 9.28. The molecule has 0 radical (unpaired) electrons. The number of nitrogens with zero attached hydrogens (tertiary/aromatic N) is 2. The van der Waals surface area contributed by atoms with Gasteiger partial charge in [-0.3, -0.25) is 4.98 Å². The molecule has 2 aromatic heterocycles. The van der Waals surface area contributed by atoms with Gasteiger partial charge in [-0.15, -0.1) is 11.3 Å². The highest BCUT2D eigenvalue weighted by Gasteiger charge is 2.10. The van der Waals surface area contributed by atoms with Gasteiger partial charge in [0.2, 0.25) is 0 Å². The molecular weight excluding hydrogens is 226 g/mol. The van der Waals surface area contributed by atoms with Gasteiger partial charge in [0.15, 0.2) is 5.13 Å². The maximum atomic E-state index is 10.9. The molecule has 0 fully saturated rings. The average Bonchev–Trinajstić information content (AvgIpc) is 2.64. The molecule has 2 rings (SSSR count). The van der Waals surface area contributed by atoms with Crippen molar-refractivity contribution in [1.29, 1.82) is 0 Å². The van der Waals surface area contributed by atoms with Crippen molar-refractivity contribution in [2.75, 3.05) is 5.32 Å². The summed E-state index contributed by atoms with van der Waals surface area (Å²) in [5.74, 6) is -1.01. The minimum atomic E-state index is -1.01. The average molecular weight is 235 g/mol. The van der Waals surface area contributed by atoms with E-state index in [1.165, 1.54) is 23.7 Å². The summed E-state index contributed by atoms with van der Waals surface area (Å²) in [5, 5.41) is 12.6. The third-order valence-electron chi connectivity index (χ3n) is 1.91. The summed E-state index contributed by atoms with van der Waals surface area (Å²) in [6, 6.07) is 1.61. The fourth-order valence-corrected chi connectivity index (χ4v) is 1.88. The van der Waals surface area contributed by atoms with Crippen molar-refractivity contribution in [3.05, 3.63) is 35.1 Å². The minimum Gasteiger partial charge on any atom is -0.478 e. The molecule has 0 atom stereocenters. The Labute approximate surface area is 95.8 Å². The van der Waals surface area contributed by atoms with Crippen molar-refractivity contribution >= 4 is 28.1 Å². The fourth-order valence-electron chi connectivity index (χ4n) is 1.20. The van der Waals surface area contributed by atoms with Crippen molar-refractivity contribution in [3.8, 4) is 0 Å². The number of carboxylic acids is 1. The molecule has 0 aliphatic rings. The van der Waals surface area contributed by atoms with E-state index in [0.717, 1.165) is 4.88 Å². The van der Waals surface area contributed by atoms with Crippen LogP contribution in [0, 0.1) is 6.92 Å². The third-order valence-corrected chi connectivity index (χ3v) is 2.74. The molecule has 5 nitrogen and oxygen atoms in total. The predicted molar refractivity (Wildman–Crippen MR) is 61.3 cm³/mol. The van der Waals surface area contributed by atoms with E-state index >= 15 is 0 Å². The number of nitrogens with one attached hydrogen (secondary N) is 1. The van der Waals surface area contributed by atoms with E-state index < -0.39 is 5.97 Å². The molecule has 0 aromatic carbocycles. The molecule has 0 saturated carbocycles. The zero-order valence-electron chi connectivity index (χ0n) is 8.47. The van der Waals surface area contributed by atoms with E-state index in [9.17, 15) is 4.79 Å². The summed E-state index contributed by atoms with van der Waals surface area (Å²) in [6.45, 7) is 1.94. The minimum absolute atomic E-state index is 0.135. The lowest BCUT2D eigenvalue weighted by Crippen LogP contribution is -2.02. The van der Waals surface area contributed by atoms with E-state index in [0.29, 0.717) is 10.8 Å². The van der Waals surface area contributed by atoms with Crippen LogP contribution in [0.2, 0.25) is 0 Å². The quantitative estimate of drug-likeness (QED) is 0.853. The highest BCUT2D eigenvalue weighted by molar-refractivity contribution is 7.15. The Morgan fingerprint density at radius 3 is 2.94 bits per heavy atom. The standard InChI is InChI=1S/C10H9N3O2S/c1-6-4-12-10(16-6)13-8-2-3-11-5-7(8)9(14)15/h2-5H,1H3,(H,14,15)(H,11,12,13). The second kappa shape index (κ2) is 4.28. The number of carbonyl (C=O) groups is 1. The van der Waals surface area contributed by atoms with Gasteiger partial charge >= 0.3 is 5.97 Å². The van der Waals surface area contributed by atoms with Crippen LogP contribution in [-0.4, -0.2) is 21.0 Å². The molecule has 0 bridgehead atoms. The molecule has 0 unspecified atom stereocenters. The summed E-state index contributed by atoms with van der Waals surface area (Å²) in [7, 11) is 0. The summed E-state index contributed by atoms with van der Waals surface area (Å²) < 4.78 is 0. The van der Waals surface area contributed by atoms with Crippen LogP contribution >= 0.6 is 11.3 Å². The summed E-state index contributed by atoms with van der Waals surface area (Å²) in [5.41, 5.74) is 0.632. The SMILES string of the molecule is Cc1cnc(Nc2ccncc2C(=O)O)s1. The van der Waals surface area contributed by atoms with Crippen molar-refractivity contribution in [3.63, 3.8) is 0 Å². The number of aromatic carboxylic acids is 1. The summed E-state index contributed by atoms with van der Waals surface area (Å²) in [6.07, 6.45) is 4.58. The Balaban J connectivity index is 2.31. The molecular formula is C10H9N3O2S. The van der Waals surface area contributed by atoms with Crippen LogP contribution < -0.4 is 5.32 Å². The van der Waals surface area contributed by atoms with Crippen LogP contribution in [0.1, 0.15) is 15.2 Å². The highest BCUT2D eigenvalue weighted by atomic mass is 32.1. The Morgan fingerprint density at radius 1 is 1.50 bits per heavy atom. The van der Waals surface area contributed by atoms with E-state index in [2.05, 4.69) is 15.3 Å². The van der Waals surface area contributed by atoms with Crippen molar-refractivity contribution in [2.45, 2.75) is 6.92 Å². The second-order valence-corrected chi connectivity index (χ2v) is 4.36. The largest absolute Gasteiger partial charge is 0.478 e. The summed E-state index contributed by atoms with van der Waals surface area (Å²) in [4.78, 5) is 19.9. The van der Waals surface area contributed by atoms with Gasteiger partial charge in [0.05, 0.1) is 5.69 Å². The van der Waals surface area contributed by atoms with Gasteiger partial charge in [0, 0.05) is 23.5 Å². The summed E-state index contributed by atoms with van der Waals surface area (Å²) >= 11 is 1.47. The Kier molecular flexibility index (Phi) is 2.82. The normalized spacial score (nSPS) is 10.1. The Bertz CT molecular complexity index is 524. The molecule has 0 spiro atoms. The number of pyridine rings is 1. The van der Waals surface area contributed by atoms with Gasteiger partial charge in [-0.05, 0) is 13.0 Å². The van der Waals surface area contributed by atoms with E-state index in [1.807, 2.05) is 6.92 Å². The van der Waals surface area contributed by atoms with Crippen LogP contribution in [0.5, 0.6) is 0 Å². The zero-order chi connectivity index (χ0) is 11.5. The van der Waals surface area contributed by atoms with Gasteiger partial charge in [-0.25, -0.2) is 9.78 Å². The Morgan fingerprint density at radius 2 is 2.31 bits per heavy atom. The molecule has 2 heterocycles. The molecule has 82 valence electrons.